The third-order valence-electron chi connectivity index (χ3n) is 3.29. The molecule has 0 spiro atoms. The highest BCUT2D eigenvalue weighted by atomic mass is 16.1. The molecular weight excluding hydrogens is 202 g/mol. The SMILES string of the molecule is Cc1nc(N2CCCCCC2)[nH]c(=O)c1C. The number of nitrogens with one attached hydrogen (secondary N) is 1. The second kappa shape index (κ2) is 4.68. The van der Waals surface area contributed by atoms with Crippen LogP contribution in [0, 0.1) is 13.8 Å². The van der Waals surface area contributed by atoms with Crippen LogP contribution >= 0.6 is 0 Å². The quantitative estimate of drug-likeness (QED) is 0.786. The summed E-state index contributed by atoms with van der Waals surface area (Å²) in [6.07, 6.45) is 4.95. The summed E-state index contributed by atoms with van der Waals surface area (Å²) in [7, 11) is 0. The van der Waals surface area contributed by atoms with Crippen molar-refractivity contribution in [1.82, 2.24) is 9.97 Å². The van der Waals surface area contributed by atoms with Gasteiger partial charge in [0.05, 0.1) is 0 Å². The first kappa shape index (κ1) is 11.2. The van der Waals surface area contributed by atoms with Crippen LogP contribution in [0.4, 0.5) is 5.95 Å². The molecule has 0 radical (unpaired) electrons. The Bertz CT molecular complexity index is 417. The number of aromatic nitrogens is 2. The predicted molar refractivity (Wildman–Crippen MR) is 65.0 cm³/mol. The fourth-order valence-corrected chi connectivity index (χ4v) is 2.06. The van der Waals surface area contributed by atoms with Gasteiger partial charge in [-0.25, -0.2) is 4.98 Å². The highest BCUT2D eigenvalue weighted by molar-refractivity contribution is 5.32. The summed E-state index contributed by atoms with van der Waals surface area (Å²) in [6, 6.07) is 0. The average Bonchev–Trinajstić information content (AvgIpc) is 2.53. The van der Waals surface area contributed by atoms with Gasteiger partial charge < -0.3 is 4.90 Å². The van der Waals surface area contributed by atoms with Gasteiger partial charge in [0, 0.05) is 24.3 Å². The number of anilines is 1. The number of aryl methyl sites for hydroxylation is 1. The molecule has 1 aliphatic rings. The van der Waals surface area contributed by atoms with Crippen LogP contribution < -0.4 is 10.5 Å². The molecule has 0 saturated carbocycles. The minimum Gasteiger partial charge on any atom is -0.342 e. The molecule has 1 aromatic heterocycles. The molecule has 1 N–H and O–H groups in total. The second-order valence-electron chi connectivity index (χ2n) is 4.50. The largest absolute Gasteiger partial charge is 0.342 e. The minimum absolute atomic E-state index is 0.00764. The predicted octanol–water partition coefficient (Wildman–Crippen LogP) is 1.77. The van der Waals surface area contributed by atoms with Crippen LogP contribution in [0.25, 0.3) is 0 Å². The number of hydrogen-bond donors (Lipinski definition) is 1. The Morgan fingerprint density at radius 3 is 2.31 bits per heavy atom. The number of hydrogen-bond acceptors (Lipinski definition) is 3. The molecule has 1 aromatic rings. The Kier molecular flexibility index (Phi) is 3.27. The van der Waals surface area contributed by atoms with Crippen LogP contribution in [0.5, 0.6) is 0 Å². The molecule has 4 nitrogen and oxygen atoms in total. The van der Waals surface area contributed by atoms with Crippen molar-refractivity contribution < 1.29 is 0 Å². The molecule has 0 amide bonds. The molecule has 4 heteroatoms. The molecule has 0 unspecified atom stereocenters. The van der Waals surface area contributed by atoms with Crippen molar-refractivity contribution in [1.29, 1.82) is 0 Å². The summed E-state index contributed by atoms with van der Waals surface area (Å²) in [5, 5.41) is 0. The van der Waals surface area contributed by atoms with E-state index in [-0.39, 0.29) is 5.56 Å². The smallest absolute Gasteiger partial charge is 0.255 e. The van der Waals surface area contributed by atoms with E-state index < -0.39 is 0 Å². The van der Waals surface area contributed by atoms with Crippen molar-refractivity contribution in [3.8, 4) is 0 Å². The van der Waals surface area contributed by atoms with E-state index in [0.29, 0.717) is 0 Å². The van der Waals surface area contributed by atoms with Gasteiger partial charge >= 0.3 is 0 Å². The van der Waals surface area contributed by atoms with Crippen molar-refractivity contribution in [3.05, 3.63) is 21.6 Å². The normalized spacial score (nSPS) is 17.2. The number of H-pyrrole nitrogens is 1. The Balaban J connectivity index is 2.28. The number of rotatable bonds is 1. The first-order valence-corrected chi connectivity index (χ1v) is 6.01. The van der Waals surface area contributed by atoms with Crippen molar-refractivity contribution >= 4 is 5.95 Å². The molecular formula is C12H19N3O. The van der Waals surface area contributed by atoms with Crippen LogP contribution in [0.2, 0.25) is 0 Å². The first-order valence-electron chi connectivity index (χ1n) is 6.01. The van der Waals surface area contributed by atoms with E-state index in [1.807, 2.05) is 13.8 Å². The molecule has 1 saturated heterocycles. The van der Waals surface area contributed by atoms with Crippen LogP contribution in [-0.4, -0.2) is 23.1 Å². The summed E-state index contributed by atoms with van der Waals surface area (Å²) in [5.74, 6) is 0.745. The van der Waals surface area contributed by atoms with E-state index in [0.717, 1.165) is 30.3 Å². The fourth-order valence-electron chi connectivity index (χ4n) is 2.06. The van der Waals surface area contributed by atoms with Gasteiger partial charge in [0.15, 0.2) is 0 Å². The standard InChI is InChI=1S/C12H19N3O/c1-9-10(2)13-12(14-11(9)16)15-7-5-3-4-6-8-15/h3-8H2,1-2H3,(H,13,14,16). The van der Waals surface area contributed by atoms with Gasteiger partial charge in [0.1, 0.15) is 0 Å². The summed E-state index contributed by atoms with van der Waals surface area (Å²) in [4.78, 5) is 21.2. The van der Waals surface area contributed by atoms with E-state index in [2.05, 4.69) is 14.9 Å². The molecule has 2 rings (SSSR count). The van der Waals surface area contributed by atoms with Gasteiger partial charge in [-0.15, -0.1) is 0 Å². The van der Waals surface area contributed by atoms with Gasteiger partial charge in [-0.1, -0.05) is 12.8 Å². The molecule has 16 heavy (non-hydrogen) atoms. The van der Waals surface area contributed by atoms with Crippen molar-refractivity contribution in [2.75, 3.05) is 18.0 Å². The molecule has 0 aliphatic carbocycles. The van der Waals surface area contributed by atoms with Gasteiger partial charge in [0.25, 0.3) is 5.56 Å². The molecule has 1 fully saturated rings. The Hall–Kier alpha value is -1.32. The third-order valence-corrected chi connectivity index (χ3v) is 3.29. The Morgan fingerprint density at radius 1 is 1.12 bits per heavy atom. The van der Waals surface area contributed by atoms with Crippen LogP contribution in [-0.2, 0) is 0 Å². The monoisotopic (exact) mass is 221 g/mol. The van der Waals surface area contributed by atoms with E-state index in [1.165, 1.54) is 25.7 Å². The lowest BCUT2D eigenvalue weighted by molar-refractivity contribution is 0.726. The van der Waals surface area contributed by atoms with E-state index in [1.54, 1.807) is 0 Å². The summed E-state index contributed by atoms with van der Waals surface area (Å²) >= 11 is 0. The zero-order valence-corrected chi connectivity index (χ0v) is 10.0. The Morgan fingerprint density at radius 2 is 1.75 bits per heavy atom. The van der Waals surface area contributed by atoms with Gasteiger partial charge in [-0.05, 0) is 26.7 Å². The van der Waals surface area contributed by atoms with Crippen molar-refractivity contribution in [2.24, 2.45) is 0 Å². The number of aromatic amines is 1. The zero-order valence-electron chi connectivity index (χ0n) is 10.0. The second-order valence-corrected chi connectivity index (χ2v) is 4.50. The third kappa shape index (κ3) is 2.26. The molecule has 2 heterocycles. The van der Waals surface area contributed by atoms with Crippen LogP contribution in [0.15, 0.2) is 4.79 Å². The van der Waals surface area contributed by atoms with E-state index in [4.69, 9.17) is 0 Å². The lowest BCUT2D eigenvalue weighted by Crippen LogP contribution is -2.29. The molecule has 0 atom stereocenters. The zero-order chi connectivity index (χ0) is 11.5. The summed E-state index contributed by atoms with van der Waals surface area (Å²) < 4.78 is 0. The highest BCUT2D eigenvalue weighted by Crippen LogP contribution is 2.15. The number of nitrogens with zero attached hydrogens (tertiary/aromatic N) is 2. The summed E-state index contributed by atoms with van der Waals surface area (Å²) in [6.45, 7) is 5.72. The topological polar surface area (TPSA) is 49.0 Å². The van der Waals surface area contributed by atoms with E-state index >= 15 is 0 Å². The fraction of sp³-hybridized carbons (Fsp3) is 0.667. The maximum absolute atomic E-state index is 11.7. The molecule has 0 aromatic carbocycles. The lowest BCUT2D eigenvalue weighted by atomic mass is 10.2. The lowest BCUT2D eigenvalue weighted by Gasteiger charge is -2.21. The molecule has 0 bridgehead atoms. The van der Waals surface area contributed by atoms with Crippen molar-refractivity contribution in [2.45, 2.75) is 39.5 Å². The van der Waals surface area contributed by atoms with Gasteiger partial charge in [-0.2, -0.15) is 0 Å². The Labute approximate surface area is 95.7 Å². The summed E-state index contributed by atoms with van der Waals surface area (Å²) in [5.41, 5.74) is 1.55. The van der Waals surface area contributed by atoms with E-state index in [9.17, 15) is 4.79 Å². The van der Waals surface area contributed by atoms with Crippen molar-refractivity contribution in [3.63, 3.8) is 0 Å². The van der Waals surface area contributed by atoms with Crippen LogP contribution in [0.3, 0.4) is 0 Å². The molecule has 88 valence electrons. The van der Waals surface area contributed by atoms with Gasteiger partial charge in [0.2, 0.25) is 5.95 Å². The highest BCUT2D eigenvalue weighted by Gasteiger charge is 2.13. The molecule has 1 aliphatic heterocycles. The average molecular weight is 221 g/mol. The maximum atomic E-state index is 11.7. The minimum atomic E-state index is -0.00764. The van der Waals surface area contributed by atoms with Crippen LogP contribution in [0.1, 0.15) is 36.9 Å². The maximum Gasteiger partial charge on any atom is 0.255 e. The van der Waals surface area contributed by atoms with Gasteiger partial charge in [-0.3, -0.25) is 9.78 Å². The first-order chi connectivity index (χ1) is 7.68.